The van der Waals surface area contributed by atoms with Crippen LogP contribution in [0.15, 0.2) is 46.9 Å². The fourth-order valence-electron chi connectivity index (χ4n) is 2.56. The van der Waals surface area contributed by atoms with E-state index in [0.717, 1.165) is 23.0 Å². The summed E-state index contributed by atoms with van der Waals surface area (Å²) in [6, 6.07) is 13.2. The number of hydrogen-bond acceptors (Lipinski definition) is 1. The summed E-state index contributed by atoms with van der Waals surface area (Å²) in [6.07, 6.45) is 2.15. The summed E-state index contributed by atoms with van der Waals surface area (Å²) in [5.74, 6) is 0.359. The lowest BCUT2D eigenvalue weighted by Gasteiger charge is -2.37. The van der Waals surface area contributed by atoms with E-state index in [2.05, 4.69) is 21.2 Å². The van der Waals surface area contributed by atoms with Crippen molar-refractivity contribution in [2.24, 2.45) is 0 Å². The maximum atomic E-state index is 12.9. The van der Waals surface area contributed by atoms with Crippen molar-refractivity contribution in [3.05, 3.63) is 63.3 Å². The van der Waals surface area contributed by atoms with Crippen LogP contribution in [0.2, 0.25) is 5.02 Å². The van der Waals surface area contributed by atoms with Crippen LogP contribution in [-0.4, -0.2) is 6.04 Å². The molecule has 0 heterocycles. The molecule has 1 N–H and O–H groups in total. The summed E-state index contributed by atoms with van der Waals surface area (Å²) >= 11 is 9.40. The van der Waals surface area contributed by atoms with Crippen LogP contribution in [0.5, 0.6) is 0 Å². The molecule has 0 amide bonds. The van der Waals surface area contributed by atoms with E-state index in [0.29, 0.717) is 17.0 Å². The van der Waals surface area contributed by atoms with Gasteiger partial charge < -0.3 is 5.32 Å². The third-order valence-electron chi connectivity index (χ3n) is 3.77. The van der Waals surface area contributed by atoms with Crippen molar-refractivity contribution in [1.29, 1.82) is 0 Å². The molecule has 1 nitrogen and oxygen atoms in total. The number of halogens is 3. The zero-order valence-corrected chi connectivity index (χ0v) is 13.1. The van der Waals surface area contributed by atoms with Gasteiger partial charge in [0.25, 0.3) is 0 Å². The van der Waals surface area contributed by atoms with Gasteiger partial charge >= 0.3 is 0 Å². The maximum Gasteiger partial charge on any atom is 0.123 e. The summed E-state index contributed by atoms with van der Waals surface area (Å²) in [5.41, 5.74) is 2.30. The van der Waals surface area contributed by atoms with Crippen molar-refractivity contribution in [1.82, 2.24) is 0 Å². The first-order valence-corrected chi connectivity index (χ1v) is 7.76. The summed E-state index contributed by atoms with van der Waals surface area (Å²) in [6.45, 7) is 0. The van der Waals surface area contributed by atoms with E-state index in [-0.39, 0.29) is 5.82 Å². The molecule has 0 unspecified atom stereocenters. The van der Waals surface area contributed by atoms with Crippen LogP contribution in [0.1, 0.15) is 24.3 Å². The molecule has 0 saturated heterocycles. The largest absolute Gasteiger partial charge is 0.382 e. The second kappa shape index (κ2) is 5.74. The molecule has 0 aromatic heterocycles. The Kier molecular flexibility index (Phi) is 3.99. The minimum absolute atomic E-state index is 0.172. The molecule has 20 heavy (non-hydrogen) atoms. The average Bonchev–Trinajstić information content (AvgIpc) is 2.39. The van der Waals surface area contributed by atoms with Gasteiger partial charge in [0.1, 0.15) is 5.82 Å². The molecule has 2 aromatic carbocycles. The van der Waals surface area contributed by atoms with E-state index in [4.69, 9.17) is 11.6 Å². The molecular weight excluding hydrogens is 341 g/mol. The third kappa shape index (κ3) is 2.99. The number of benzene rings is 2. The van der Waals surface area contributed by atoms with Crippen LogP contribution in [0.3, 0.4) is 0 Å². The zero-order chi connectivity index (χ0) is 14.1. The highest BCUT2D eigenvalue weighted by Crippen LogP contribution is 2.39. The highest BCUT2D eigenvalue weighted by molar-refractivity contribution is 9.10. The van der Waals surface area contributed by atoms with Gasteiger partial charge in [0.2, 0.25) is 0 Å². The highest BCUT2D eigenvalue weighted by Gasteiger charge is 2.30. The van der Waals surface area contributed by atoms with Gasteiger partial charge in [-0.1, -0.05) is 23.7 Å². The van der Waals surface area contributed by atoms with Crippen molar-refractivity contribution in [3.63, 3.8) is 0 Å². The first-order valence-electron chi connectivity index (χ1n) is 6.59. The van der Waals surface area contributed by atoms with Gasteiger partial charge in [-0.05, 0) is 70.6 Å². The highest BCUT2D eigenvalue weighted by atomic mass is 79.9. The predicted molar refractivity (Wildman–Crippen MR) is 84.9 cm³/mol. The van der Waals surface area contributed by atoms with Gasteiger partial charge in [0, 0.05) is 16.2 Å². The van der Waals surface area contributed by atoms with E-state index in [1.165, 1.54) is 17.7 Å². The van der Waals surface area contributed by atoms with Crippen molar-refractivity contribution in [2.45, 2.75) is 24.8 Å². The van der Waals surface area contributed by atoms with Crippen molar-refractivity contribution < 1.29 is 4.39 Å². The minimum Gasteiger partial charge on any atom is -0.382 e. The molecule has 0 spiro atoms. The molecule has 0 bridgehead atoms. The van der Waals surface area contributed by atoms with Crippen LogP contribution in [0, 0.1) is 5.82 Å². The molecular formula is C16H14BrClFN. The second-order valence-corrected chi connectivity index (χ2v) is 6.45. The van der Waals surface area contributed by atoms with E-state index < -0.39 is 0 Å². The molecule has 2 aromatic rings. The zero-order valence-electron chi connectivity index (χ0n) is 10.7. The van der Waals surface area contributed by atoms with Crippen LogP contribution in [-0.2, 0) is 0 Å². The van der Waals surface area contributed by atoms with Gasteiger partial charge in [-0.25, -0.2) is 4.39 Å². The quantitative estimate of drug-likeness (QED) is 0.756. The lowest BCUT2D eigenvalue weighted by Crippen LogP contribution is -2.33. The summed E-state index contributed by atoms with van der Waals surface area (Å²) in [4.78, 5) is 0. The van der Waals surface area contributed by atoms with Gasteiger partial charge in [-0.15, -0.1) is 0 Å². The minimum atomic E-state index is -0.172. The third-order valence-corrected chi connectivity index (χ3v) is 4.98. The lowest BCUT2D eigenvalue weighted by atomic mass is 9.76. The van der Waals surface area contributed by atoms with E-state index in [1.54, 1.807) is 0 Å². The predicted octanol–water partition coefficient (Wildman–Crippen LogP) is 5.60. The van der Waals surface area contributed by atoms with Crippen molar-refractivity contribution in [3.8, 4) is 0 Å². The molecule has 104 valence electrons. The SMILES string of the molecule is Fc1ccc(C2CC(Nc3ccc(Cl)c(Br)c3)C2)cc1. The Hall–Kier alpha value is -1.06. The number of nitrogens with one attached hydrogen (secondary N) is 1. The Labute approximate surface area is 131 Å². The van der Waals surface area contributed by atoms with Crippen LogP contribution in [0.4, 0.5) is 10.1 Å². The van der Waals surface area contributed by atoms with Gasteiger partial charge in [0.15, 0.2) is 0 Å². The Morgan fingerprint density at radius 3 is 2.45 bits per heavy atom. The smallest absolute Gasteiger partial charge is 0.123 e. The Balaban J connectivity index is 1.58. The molecule has 1 fully saturated rings. The average molecular weight is 355 g/mol. The van der Waals surface area contributed by atoms with Crippen molar-refractivity contribution in [2.75, 3.05) is 5.32 Å². The van der Waals surface area contributed by atoms with Gasteiger partial charge in [0.05, 0.1) is 5.02 Å². The molecule has 1 saturated carbocycles. The van der Waals surface area contributed by atoms with Crippen LogP contribution < -0.4 is 5.32 Å². The Morgan fingerprint density at radius 2 is 1.80 bits per heavy atom. The molecule has 1 aliphatic carbocycles. The van der Waals surface area contributed by atoms with Gasteiger partial charge in [-0.2, -0.15) is 0 Å². The Morgan fingerprint density at radius 1 is 1.10 bits per heavy atom. The standard InChI is InChI=1S/C16H14BrClFN/c17-15-9-13(5-6-16(15)18)20-14-7-11(8-14)10-1-3-12(19)4-2-10/h1-6,9,11,14,20H,7-8H2. The molecule has 0 aliphatic heterocycles. The maximum absolute atomic E-state index is 12.9. The molecule has 1 aliphatic rings. The first-order chi connectivity index (χ1) is 9.61. The first kappa shape index (κ1) is 13.9. The summed E-state index contributed by atoms with van der Waals surface area (Å²) in [7, 11) is 0. The topological polar surface area (TPSA) is 12.0 Å². The van der Waals surface area contributed by atoms with E-state index in [1.807, 2.05) is 30.3 Å². The normalized spacial score (nSPS) is 21.4. The molecule has 0 atom stereocenters. The van der Waals surface area contributed by atoms with Crippen LogP contribution in [0.25, 0.3) is 0 Å². The van der Waals surface area contributed by atoms with E-state index >= 15 is 0 Å². The lowest BCUT2D eigenvalue weighted by molar-refractivity contribution is 0.374. The summed E-state index contributed by atoms with van der Waals surface area (Å²) in [5, 5.41) is 4.21. The number of anilines is 1. The Bertz CT molecular complexity index is 608. The molecule has 0 radical (unpaired) electrons. The summed E-state index contributed by atoms with van der Waals surface area (Å²) < 4.78 is 13.8. The van der Waals surface area contributed by atoms with Crippen molar-refractivity contribution >= 4 is 33.2 Å². The number of rotatable bonds is 3. The fourth-order valence-corrected chi connectivity index (χ4v) is 3.06. The molecule has 3 rings (SSSR count). The van der Waals surface area contributed by atoms with Gasteiger partial charge in [-0.3, -0.25) is 0 Å². The molecule has 4 heteroatoms. The second-order valence-electron chi connectivity index (χ2n) is 5.19. The monoisotopic (exact) mass is 353 g/mol. The number of hydrogen-bond donors (Lipinski definition) is 1. The fraction of sp³-hybridized carbons (Fsp3) is 0.250. The van der Waals surface area contributed by atoms with Crippen LogP contribution >= 0.6 is 27.5 Å². The van der Waals surface area contributed by atoms with E-state index in [9.17, 15) is 4.39 Å².